The third-order valence-electron chi connectivity index (χ3n) is 5.16. The van der Waals surface area contributed by atoms with E-state index in [4.69, 9.17) is 4.74 Å². The first-order valence-electron chi connectivity index (χ1n) is 9.98. The molecule has 4 nitrogen and oxygen atoms in total. The van der Waals surface area contributed by atoms with Crippen LogP contribution in [0.4, 0.5) is 0 Å². The monoisotopic (exact) mass is 367 g/mol. The van der Waals surface area contributed by atoms with Crippen LogP contribution < -0.4 is 15.0 Å². The van der Waals surface area contributed by atoms with E-state index in [1.165, 1.54) is 43.5 Å². The van der Waals surface area contributed by atoms with Gasteiger partial charge in [-0.15, -0.1) is 0 Å². The van der Waals surface area contributed by atoms with Crippen molar-refractivity contribution in [2.45, 2.75) is 46.2 Å². The highest BCUT2D eigenvalue weighted by atomic mass is 16.5. The predicted molar refractivity (Wildman–Crippen MR) is 108 cm³/mol. The summed E-state index contributed by atoms with van der Waals surface area (Å²) >= 11 is 0. The maximum absolute atomic E-state index is 12.2. The maximum Gasteiger partial charge on any atom is 0.258 e. The molecule has 2 N–H and O–H groups in total. The quantitative estimate of drug-likeness (QED) is 0.790. The standard InChI is InChI=1S/C23H30N2O2/c1-18-12-19(2)14-22(13-18)27-17-23(26)24-15-20-8-4-5-9-21(20)16-25-10-6-3-7-11-25/h4-5,8-9,12-14H,3,6-7,10-11,15-17H2,1-2H3,(H,24,26)/p+1. The third-order valence-corrected chi connectivity index (χ3v) is 5.16. The molecule has 1 amide bonds. The van der Waals surface area contributed by atoms with Crippen molar-refractivity contribution in [2.24, 2.45) is 0 Å². The average Bonchev–Trinajstić information content (AvgIpc) is 2.66. The van der Waals surface area contributed by atoms with Gasteiger partial charge < -0.3 is 15.0 Å². The Labute approximate surface area is 162 Å². The van der Waals surface area contributed by atoms with Gasteiger partial charge in [0.05, 0.1) is 13.1 Å². The van der Waals surface area contributed by atoms with Gasteiger partial charge >= 0.3 is 0 Å². The van der Waals surface area contributed by atoms with Crippen LogP contribution in [0.5, 0.6) is 5.75 Å². The highest BCUT2D eigenvalue weighted by Crippen LogP contribution is 2.16. The second kappa shape index (κ2) is 9.56. The van der Waals surface area contributed by atoms with Crippen LogP contribution >= 0.6 is 0 Å². The summed E-state index contributed by atoms with van der Waals surface area (Å²) in [4.78, 5) is 13.9. The molecule has 0 spiro atoms. The zero-order chi connectivity index (χ0) is 19.1. The van der Waals surface area contributed by atoms with Gasteiger partial charge in [0.15, 0.2) is 6.61 Å². The molecule has 0 saturated carbocycles. The molecular weight excluding hydrogens is 336 g/mol. The minimum atomic E-state index is -0.0886. The molecular formula is C23H31N2O2+. The lowest BCUT2D eigenvalue weighted by atomic mass is 10.0. The Morgan fingerprint density at radius 2 is 1.67 bits per heavy atom. The van der Waals surface area contributed by atoms with Gasteiger partial charge in [-0.1, -0.05) is 30.3 Å². The minimum absolute atomic E-state index is 0.0441. The highest BCUT2D eigenvalue weighted by Gasteiger charge is 2.15. The molecule has 1 fully saturated rings. The van der Waals surface area contributed by atoms with Crippen LogP contribution in [0.15, 0.2) is 42.5 Å². The zero-order valence-corrected chi connectivity index (χ0v) is 16.5. The summed E-state index contributed by atoms with van der Waals surface area (Å²) in [5.41, 5.74) is 4.82. The van der Waals surface area contributed by atoms with E-state index in [1.54, 1.807) is 4.90 Å². The van der Waals surface area contributed by atoms with Gasteiger partial charge in [-0.05, 0) is 61.9 Å². The zero-order valence-electron chi connectivity index (χ0n) is 16.5. The summed E-state index contributed by atoms with van der Waals surface area (Å²) in [5.74, 6) is 0.658. The van der Waals surface area contributed by atoms with Crippen molar-refractivity contribution in [3.8, 4) is 5.75 Å². The van der Waals surface area contributed by atoms with Gasteiger partial charge in [-0.25, -0.2) is 0 Å². The fourth-order valence-corrected chi connectivity index (χ4v) is 3.81. The molecule has 0 aliphatic carbocycles. The predicted octanol–water partition coefficient (Wildman–Crippen LogP) is 2.57. The molecule has 0 bridgehead atoms. The topological polar surface area (TPSA) is 42.8 Å². The third kappa shape index (κ3) is 6.10. The first kappa shape index (κ1) is 19.4. The van der Waals surface area contributed by atoms with Crippen LogP contribution in [0.1, 0.15) is 41.5 Å². The molecule has 3 rings (SSSR count). The molecule has 27 heavy (non-hydrogen) atoms. The van der Waals surface area contributed by atoms with Crippen molar-refractivity contribution in [2.75, 3.05) is 19.7 Å². The average molecular weight is 368 g/mol. The van der Waals surface area contributed by atoms with E-state index in [0.717, 1.165) is 23.4 Å². The van der Waals surface area contributed by atoms with Gasteiger partial charge in [-0.2, -0.15) is 0 Å². The molecule has 0 aromatic heterocycles. The molecule has 1 aliphatic rings. The van der Waals surface area contributed by atoms with E-state index >= 15 is 0 Å². The molecule has 144 valence electrons. The number of piperidine rings is 1. The van der Waals surface area contributed by atoms with E-state index in [1.807, 2.05) is 32.0 Å². The molecule has 0 atom stereocenters. The van der Waals surface area contributed by atoms with Gasteiger partial charge in [0.1, 0.15) is 12.3 Å². The molecule has 0 unspecified atom stereocenters. The first-order chi connectivity index (χ1) is 13.1. The van der Waals surface area contributed by atoms with Crippen molar-refractivity contribution >= 4 is 5.91 Å². The molecule has 2 aromatic rings. The molecule has 2 aromatic carbocycles. The number of rotatable bonds is 7. The van der Waals surface area contributed by atoms with E-state index in [-0.39, 0.29) is 12.5 Å². The van der Waals surface area contributed by atoms with Crippen LogP contribution in [0, 0.1) is 13.8 Å². The second-order valence-corrected chi connectivity index (χ2v) is 7.64. The van der Waals surface area contributed by atoms with E-state index in [9.17, 15) is 4.79 Å². The molecule has 1 aliphatic heterocycles. The Bertz CT molecular complexity index is 746. The minimum Gasteiger partial charge on any atom is -0.484 e. The normalized spacial score (nSPS) is 14.7. The number of ether oxygens (including phenoxy) is 1. The van der Waals surface area contributed by atoms with Crippen molar-refractivity contribution in [3.63, 3.8) is 0 Å². The van der Waals surface area contributed by atoms with E-state index in [2.05, 4.69) is 29.6 Å². The number of aryl methyl sites for hydroxylation is 2. The van der Waals surface area contributed by atoms with Crippen molar-refractivity contribution in [3.05, 3.63) is 64.7 Å². The smallest absolute Gasteiger partial charge is 0.258 e. The lowest BCUT2D eigenvalue weighted by Crippen LogP contribution is -3.11. The van der Waals surface area contributed by atoms with Crippen LogP contribution in [0.2, 0.25) is 0 Å². The molecule has 1 heterocycles. The summed E-state index contributed by atoms with van der Waals surface area (Å²) in [6, 6.07) is 14.4. The number of carbonyl (C=O) groups excluding carboxylic acids is 1. The number of nitrogens with one attached hydrogen (secondary N) is 2. The van der Waals surface area contributed by atoms with Crippen molar-refractivity contribution in [1.82, 2.24) is 5.32 Å². The number of quaternary nitrogens is 1. The first-order valence-corrected chi connectivity index (χ1v) is 9.98. The summed E-state index contributed by atoms with van der Waals surface area (Å²) in [7, 11) is 0. The Morgan fingerprint density at radius 1 is 1.00 bits per heavy atom. The summed E-state index contributed by atoms with van der Waals surface area (Å²) in [5, 5.41) is 3.00. The van der Waals surface area contributed by atoms with Crippen LogP contribution in [-0.2, 0) is 17.9 Å². The Balaban J connectivity index is 1.51. The van der Waals surface area contributed by atoms with Gasteiger partial charge in [0.2, 0.25) is 0 Å². The fraction of sp³-hybridized carbons (Fsp3) is 0.435. The molecule has 4 heteroatoms. The Hall–Kier alpha value is -2.33. The van der Waals surface area contributed by atoms with Crippen molar-refractivity contribution < 1.29 is 14.4 Å². The fourth-order valence-electron chi connectivity index (χ4n) is 3.81. The molecule has 0 radical (unpaired) electrons. The second-order valence-electron chi connectivity index (χ2n) is 7.64. The number of benzene rings is 2. The summed E-state index contributed by atoms with van der Waals surface area (Å²) < 4.78 is 5.65. The number of carbonyl (C=O) groups is 1. The lowest BCUT2D eigenvalue weighted by Gasteiger charge is -2.24. The van der Waals surface area contributed by atoms with Gasteiger partial charge in [0.25, 0.3) is 5.91 Å². The summed E-state index contributed by atoms with van der Waals surface area (Å²) in [6.07, 6.45) is 4.01. The van der Waals surface area contributed by atoms with Crippen molar-refractivity contribution in [1.29, 1.82) is 0 Å². The molecule has 1 saturated heterocycles. The van der Waals surface area contributed by atoms with Crippen LogP contribution in [0.25, 0.3) is 0 Å². The Kier molecular flexibility index (Phi) is 6.88. The number of hydrogen-bond donors (Lipinski definition) is 2. The number of amides is 1. The van der Waals surface area contributed by atoms with E-state index < -0.39 is 0 Å². The van der Waals surface area contributed by atoms with Crippen LogP contribution in [0.3, 0.4) is 0 Å². The lowest BCUT2D eigenvalue weighted by molar-refractivity contribution is -0.918. The Morgan fingerprint density at radius 3 is 2.37 bits per heavy atom. The maximum atomic E-state index is 12.2. The summed E-state index contributed by atoms with van der Waals surface area (Å²) in [6.45, 7) is 8.21. The largest absolute Gasteiger partial charge is 0.484 e. The SMILES string of the molecule is Cc1cc(C)cc(OCC(=O)NCc2ccccc2C[NH+]2CCCCC2)c1. The highest BCUT2D eigenvalue weighted by molar-refractivity contribution is 5.77. The van der Waals surface area contributed by atoms with E-state index in [0.29, 0.717) is 6.54 Å². The van der Waals surface area contributed by atoms with Gasteiger partial charge in [-0.3, -0.25) is 4.79 Å². The number of likely N-dealkylation sites (tertiary alicyclic amines) is 1. The number of hydrogen-bond acceptors (Lipinski definition) is 2. The van der Waals surface area contributed by atoms with Gasteiger partial charge in [0, 0.05) is 12.1 Å². The van der Waals surface area contributed by atoms with Crippen LogP contribution in [-0.4, -0.2) is 25.6 Å².